The Labute approximate surface area is 130 Å². The standard InChI is InChI=1S/C15H16F3N3O2/c1-2-20(9-10-22)14(23)11-3-5-12(6-4-11)21-8-7-13(19-21)15(16,17)18/h3-8,22H,2,9-10H2,1H3. The number of carbonyl (C=O) groups is 1. The number of rotatable bonds is 5. The SMILES string of the molecule is CCN(CCO)C(=O)c1ccc(-n2ccc(C(F)(F)F)n2)cc1. The van der Waals surface area contributed by atoms with Gasteiger partial charge in [0.1, 0.15) is 0 Å². The van der Waals surface area contributed by atoms with Gasteiger partial charge >= 0.3 is 6.18 Å². The third kappa shape index (κ3) is 3.89. The van der Waals surface area contributed by atoms with E-state index >= 15 is 0 Å². The van der Waals surface area contributed by atoms with Crippen LogP contribution in [0, 0.1) is 0 Å². The highest BCUT2D eigenvalue weighted by Crippen LogP contribution is 2.27. The summed E-state index contributed by atoms with van der Waals surface area (Å²) in [5, 5.41) is 12.4. The zero-order chi connectivity index (χ0) is 17.0. The maximum absolute atomic E-state index is 12.5. The maximum Gasteiger partial charge on any atom is 0.435 e. The van der Waals surface area contributed by atoms with Crippen LogP contribution in [0.4, 0.5) is 13.2 Å². The van der Waals surface area contributed by atoms with Gasteiger partial charge in [-0.05, 0) is 37.3 Å². The lowest BCUT2D eigenvalue weighted by Crippen LogP contribution is -2.33. The Morgan fingerprint density at radius 1 is 1.26 bits per heavy atom. The quantitative estimate of drug-likeness (QED) is 0.917. The summed E-state index contributed by atoms with van der Waals surface area (Å²) in [4.78, 5) is 13.7. The van der Waals surface area contributed by atoms with Crippen molar-refractivity contribution in [3.63, 3.8) is 0 Å². The molecule has 0 aliphatic rings. The number of alkyl halides is 3. The highest BCUT2D eigenvalue weighted by molar-refractivity contribution is 5.94. The van der Waals surface area contributed by atoms with Crippen molar-refractivity contribution in [2.75, 3.05) is 19.7 Å². The van der Waals surface area contributed by atoms with Crippen molar-refractivity contribution in [3.8, 4) is 5.69 Å². The van der Waals surface area contributed by atoms with Crippen LogP contribution in [-0.2, 0) is 6.18 Å². The molecule has 2 aromatic rings. The molecule has 2 rings (SSSR count). The summed E-state index contributed by atoms with van der Waals surface area (Å²) in [5.74, 6) is -0.246. The molecule has 0 atom stereocenters. The molecule has 0 saturated heterocycles. The Hall–Kier alpha value is -2.35. The molecule has 1 heterocycles. The number of hydrogen-bond acceptors (Lipinski definition) is 3. The van der Waals surface area contributed by atoms with Gasteiger partial charge in [0.2, 0.25) is 0 Å². The second-order valence-corrected chi connectivity index (χ2v) is 4.80. The van der Waals surface area contributed by atoms with Crippen LogP contribution in [0.2, 0.25) is 0 Å². The third-order valence-corrected chi connectivity index (χ3v) is 3.30. The minimum atomic E-state index is -4.49. The molecule has 1 N–H and O–H groups in total. The Balaban J connectivity index is 2.19. The molecule has 23 heavy (non-hydrogen) atoms. The van der Waals surface area contributed by atoms with Crippen molar-refractivity contribution < 1.29 is 23.1 Å². The second kappa shape index (κ2) is 6.82. The van der Waals surface area contributed by atoms with Crippen LogP contribution in [0.1, 0.15) is 23.0 Å². The molecule has 5 nitrogen and oxygen atoms in total. The summed E-state index contributed by atoms with van der Waals surface area (Å²) < 4.78 is 38.7. The predicted molar refractivity (Wildman–Crippen MR) is 77.2 cm³/mol. The fourth-order valence-corrected chi connectivity index (χ4v) is 2.08. The predicted octanol–water partition coefficient (Wildman–Crippen LogP) is 2.35. The van der Waals surface area contributed by atoms with Crippen molar-refractivity contribution in [2.45, 2.75) is 13.1 Å². The van der Waals surface area contributed by atoms with E-state index in [2.05, 4.69) is 5.10 Å². The van der Waals surface area contributed by atoms with E-state index in [9.17, 15) is 18.0 Å². The third-order valence-electron chi connectivity index (χ3n) is 3.30. The van der Waals surface area contributed by atoms with Gasteiger partial charge in [-0.15, -0.1) is 0 Å². The molecule has 0 aliphatic heterocycles. The Morgan fingerprint density at radius 3 is 2.39 bits per heavy atom. The Morgan fingerprint density at radius 2 is 1.91 bits per heavy atom. The summed E-state index contributed by atoms with van der Waals surface area (Å²) in [6.07, 6.45) is -3.28. The summed E-state index contributed by atoms with van der Waals surface area (Å²) >= 11 is 0. The molecular formula is C15H16F3N3O2. The number of halogens is 3. The van der Waals surface area contributed by atoms with Gasteiger partial charge in [-0.1, -0.05) is 0 Å². The van der Waals surface area contributed by atoms with Crippen LogP contribution < -0.4 is 0 Å². The zero-order valence-electron chi connectivity index (χ0n) is 12.4. The van der Waals surface area contributed by atoms with Gasteiger partial charge in [-0.3, -0.25) is 4.79 Å². The fourth-order valence-electron chi connectivity index (χ4n) is 2.08. The number of benzene rings is 1. The molecule has 0 radical (unpaired) electrons. The van der Waals surface area contributed by atoms with Gasteiger partial charge in [0.05, 0.1) is 12.3 Å². The van der Waals surface area contributed by atoms with Gasteiger partial charge in [0, 0.05) is 24.8 Å². The zero-order valence-corrected chi connectivity index (χ0v) is 12.4. The molecule has 0 bridgehead atoms. The minimum absolute atomic E-state index is 0.134. The number of aliphatic hydroxyl groups excluding tert-OH is 1. The first-order chi connectivity index (χ1) is 10.9. The monoisotopic (exact) mass is 327 g/mol. The van der Waals surface area contributed by atoms with Crippen molar-refractivity contribution in [1.29, 1.82) is 0 Å². The average Bonchev–Trinajstić information content (AvgIpc) is 3.02. The van der Waals surface area contributed by atoms with Crippen LogP contribution in [0.25, 0.3) is 5.69 Å². The van der Waals surface area contributed by atoms with E-state index in [-0.39, 0.29) is 19.1 Å². The van der Waals surface area contributed by atoms with E-state index in [0.717, 1.165) is 10.7 Å². The van der Waals surface area contributed by atoms with Crippen molar-refractivity contribution in [2.24, 2.45) is 0 Å². The molecule has 1 amide bonds. The lowest BCUT2D eigenvalue weighted by atomic mass is 10.2. The normalized spacial score (nSPS) is 11.5. The highest BCUT2D eigenvalue weighted by atomic mass is 19.4. The molecule has 8 heteroatoms. The van der Waals surface area contributed by atoms with Crippen molar-refractivity contribution in [1.82, 2.24) is 14.7 Å². The number of hydrogen-bond donors (Lipinski definition) is 1. The Bertz CT molecular complexity index is 665. The molecule has 1 aromatic heterocycles. The van der Waals surface area contributed by atoms with E-state index in [1.165, 1.54) is 35.4 Å². The topological polar surface area (TPSA) is 58.4 Å². The summed E-state index contributed by atoms with van der Waals surface area (Å²) in [6.45, 7) is 2.34. The van der Waals surface area contributed by atoms with Gasteiger partial charge in [0.25, 0.3) is 5.91 Å². The summed E-state index contributed by atoms with van der Waals surface area (Å²) in [6, 6.07) is 6.97. The minimum Gasteiger partial charge on any atom is -0.395 e. The number of likely N-dealkylation sites (N-methyl/N-ethyl adjacent to an activating group) is 1. The number of amides is 1. The van der Waals surface area contributed by atoms with E-state index in [1.807, 2.05) is 0 Å². The first kappa shape index (κ1) is 17.0. The van der Waals surface area contributed by atoms with E-state index in [1.54, 1.807) is 6.92 Å². The first-order valence-corrected chi connectivity index (χ1v) is 7.00. The number of aliphatic hydroxyl groups is 1. The maximum atomic E-state index is 12.5. The van der Waals surface area contributed by atoms with Gasteiger partial charge < -0.3 is 10.0 Å². The average molecular weight is 327 g/mol. The summed E-state index contributed by atoms with van der Waals surface area (Å²) in [5.41, 5.74) is -0.160. The molecule has 1 aromatic carbocycles. The van der Waals surface area contributed by atoms with E-state index < -0.39 is 11.9 Å². The smallest absolute Gasteiger partial charge is 0.395 e. The first-order valence-electron chi connectivity index (χ1n) is 7.00. The number of nitrogens with zero attached hydrogens (tertiary/aromatic N) is 3. The van der Waals surface area contributed by atoms with Crippen LogP contribution >= 0.6 is 0 Å². The van der Waals surface area contributed by atoms with Crippen LogP contribution in [0.5, 0.6) is 0 Å². The second-order valence-electron chi connectivity index (χ2n) is 4.80. The number of carbonyl (C=O) groups excluding carboxylic acids is 1. The molecule has 0 saturated carbocycles. The largest absolute Gasteiger partial charge is 0.435 e. The molecule has 0 fully saturated rings. The molecule has 0 aliphatic carbocycles. The fraction of sp³-hybridized carbons (Fsp3) is 0.333. The van der Waals surface area contributed by atoms with E-state index in [4.69, 9.17) is 5.11 Å². The van der Waals surface area contributed by atoms with Crippen LogP contribution in [0.15, 0.2) is 36.5 Å². The van der Waals surface area contributed by atoms with Crippen molar-refractivity contribution in [3.05, 3.63) is 47.8 Å². The number of aromatic nitrogens is 2. The highest BCUT2D eigenvalue weighted by Gasteiger charge is 2.33. The molecular weight excluding hydrogens is 311 g/mol. The van der Waals surface area contributed by atoms with E-state index in [0.29, 0.717) is 17.8 Å². The lowest BCUT2D eigenvalue weighted by Gasteiger charge is -2.19. The summed E-state index contributed by atoms with van der Waals surface area (Å²) in [7, 11) is 0. The van der Waals surface area contributed by atoms with Gasteiger partial charge in [-0.25, -0.2) is 4.68 Å². The van der Waals surface area contributed by atoms with Crippen molar-refractivity contribution >= 4 is 5.91 Å². The Kier molecular flexibility index (Phi) is 5.05. The molecule has 0 unspecified atom stereocenters. The van der Waals surface area contributed by atoms with Crippen LogP contribution in [0.3, 0.4) is 0 Å². The molecule has 124 valence electrons. The van der Waals surface area contributed by atoms with Gasteiger partial charge in [0.15, 0.2) is 5.69 Å². The van der Waals surface area contributed by atoms with Gasteiger partial charge in [-0.2, -0.15) is 18.3 Å². The lowest BCUT2D eigenvalue weighted by molar-refractivity contribution is -0.141. The molecule has 0 spiro atoms. The van der Waals surface area contributed by atoms with Crippen LogP contribution in [-0.4, -0.2) is 45.4 Å².